The van der Waals surface area contributed by atoms with Crippen LogP contribution in [-0.2, 0) is 28.5 Å². The van der Waals surface area contributed by atoms with E-state index in [9.17, 15) is 4.79 Å². The second kappa shape index (κ2) is 14.8. The van der Waals surface area contributed by atoms with E-state index in [1.807, 2.05) is 27.8 Å². The SMILES string of the molecule is CNCCOCCOCCOCCOCCC(=O)OC(C)(C)C. The normalized spacial score (nSPS) is 11.7. The predicted molar refractivity (Wildman–Crippen MR) is 87.7 cm³/mol. The van der Waals surface area contributed by atoms with Gasteiger partial charge in [-0.1, -0.05) is 0 Å². The molecule has 7 nitrogen and oxygen atoms in total. The van der Waals surface area contributed by atoms with Crippen molar-refractivity contribution in [1.82, 2.24) is 5.32 Å². The van der Waals surface area contributed by atoms with Crippen molar-refractivity contribution < 1.29 is 28.5 Å². The molecule has 0 rings (SSSR count). The Kier molecular flexibility index (Phi) is 14.4. The molecule has 0 saturated carbocycles. The largest absolute Gasteiger partial charge is 0.460 e. The maximum Gasteiger partial charge on any atom is 0.308 e. The molecular weight excluding hydrogens is 302 g/mol. The Hall–Kier alpha value is -0.730. The molecule has 23 heavy (non-hydrogen) atoms. The Balaban J connectivity index is 3.15. The fourth-order valence-corrected chi connectivity index (χ4v) is 1.48. The molecule has 0 atom stereocenters. The zero-order valence-electron chi connectivity index (χ0n) is 15.0. The van der Waals surface area contributed by atoms with Gasteiger partial charge < -0.3 is 29.0 Å². The predicted octanol–water partition coefficient (Wildman–Crippen LogP) is 1.00. The number of carbonyl (C=O) groups is 1. The van der Waals surface area contributed by atoms with Crippen LogP contribution >= 0.6 is 0 Å². The van der Waals surface area contributed by atoms with Crippen LogP contribution in [0.3, 0.4) is 0 Å². The molecule has 0 spiro atoms. The minimum atomic E-state index is -0.446. The average molecular weight is 335 g/mol. The summed E-state index contributed by atoms with van der Waals surface area (Å²) < 4.78 is 26.5. The summed E-state index contributed by atoms with van der Waals surface area (Å²) in [4.78, 5) is 11.4. The van der Waals surface area contributed by atoms with Gasteiger partial charge in [0.15, 0.2) is 0 Å². The van der Waals surface area contributed by atoms with E-state index in [2.05, 4.69) is 5.32 Å². The maximum absolute atomic E-state index is 11.4. The molecule has 0 unspecified atom stereocenters. The van der Waals surface area contributed by atoms with Crippen molar-refractivity contribution in [3.05, 3.63) is 0 Å². The third-order valence-corrected chi connectivity index (χ3v) is 2.48. The average Bonchev–Trinajstić information content (AvgIpc) is 2.46. The maximum atomic E-state index is 11.4. The van der Waals surface area contributed by atoms with Gasteiger partial charge in [0.25, 0.3) is 0 Å². The summed E-state index contributed by atoms with van der Waals surface area (Å²) >= 11 is 0. The Morgan fingerprint density at radius 2 is 1.22 bits per heavy atom. The van der Waals surface area contributed by atoms with E-state index in [0.717, 1.165) is 6.54 Å². The zero-order valence-corrected chi connectivity index (χ0v) is 15.0. The number of likely N-dealkylation sites (N-methyl/N-ethyl adjacent to an activating group) is 1. The minimum Gasteiger partial charge on any atom is -0.460 e. The molecule has 0 aliphatic rings. The van der Waals surface area contributed by atoms with Gasteiger partial charge in [0.2, 0.25) is 0 Å². The van der Waals surface area contributed by atoms with E-state index in [0.29, 0.717) is 52.9 Å². The lowest BCUT2D eigenvalue weighted by Gasteiger charge is -2.19. The van der Waals surface area contributed by atoms with Crippen LogP contribution in [0.4, 0.5) is 0 Å². The first kappa shape index (κ1) is 22.3. The summed E-state index contributed by atoms with van der Waals surface area (Å²) in [5, 5.41) is 3.00. The quantitative estimate of drug-likeness (QED) is 0.353. The van der Waals surface area contributed by atoms with Crippen molar-refractivity contribution in [2.75, 3.05) is 66.4 Å². The van der Waals surface area contributed by atoms with Gasteiger partial charge in [0, 0.05) is 6.54 Å². The van der Waals surface area contributed by atoms with Crippen molar-refractivity contribution in [2.45, 2.75) is 32.8 Å². The van der Waals surface area contributed by atoms with Gasteiger partial charge in [0.1, 0.15) is 5.60 Å². The number of hydrogen-bond acceptors (Lipinski definition) is 7. The van der Waals surface area contributed by atoms with Gasteiger partial charge in [-0.2, -0.15) is 0 Å². The Morgan fingerprint density at radius 3 is 1.65 bits per heavy atom. The van der Waals surface area contributed by atoms with Crippen LogP contribution in [0.1, 0.15) is 27.2 Å². The molecular formula is C16H33NO6. The summed E-state index contributed by atoms with van der Waals surface area (Å²) in [5.41, 5.74) is -0.446. The van der Waals surface area contributed by atoms with Crippen LogP contribution in [0.2, 0.25) is 0 Å². The molecule has 1 N–H and O–H groups in total. The van der Waals surface area contributed by atoms with Gasteiger partial charge in [-0.15, -0.1) is 0 Å². The number of esters is 1. The van der Waals surface area contributed by atoms with Gasteiger partial charge in [0.05, 0.1) is 59.3 Å². The van der Waals surface area contributed by atoms with Crippen LogP contribution in [0, 0.1) is 0 Å². The van der Waals surface area contributed by atoms with Gasteiger partial charge in [-0.25, -0.2) is 0 Å². The first-order valence-electron chi connectivity index (χ1n) is 8.13. The van der Waals surface area contributed by atoms with Crippen LogP contribution in [0.25, 0.3) is 0 Å². The zero-order chi connectivity index (χ0) is 17.4. The summed E-state index contributed by atoms with van der Waals surface area (Å²) in [7, 11) is 1.89. The lowest BCUT2D eigenvalue weighted by molar-refractivity contribution is -0.156. The van der Waals surface area contributed by atoms with E-state index in [-0.39, 0.29) is 12.4 Å². The molecule has 0 aliphatic carbocycles. The van der Waals surface area contributed by atoms with Gasteiger partial charge in [-0.05, 0) is 27.8 Å². The lowest BCUT2D eigenvalue weighted by Crippen LogP contribution is -2.24. The smallest absolute Gasteiger partial charge is 0.308 e. The highest BCUT2D eigenvalue weighted by molar-refractivity contribution is 5.69. The summed E-state index contributed by atoms with van der Waals surface area (Å²) in [6.07, 6.45) is 0.258. The van der Waals surface area contributed by atoms with Crippen molar-refractivity contribution in [3.8, 4) is 0 Å². The Morgan fingerprint density at radius 1 is 0.783 bits per heavy atom. The first-order valence-corrected chi connectivity index (χ1v) is 8.13. The standard InChI is InChI=1S/C16H33NO6/c1-16(2,3)23-15(18)5-7-19-9-11-21-13-14-22-12-10-20-8-6-17-4/h17H,5-14H2,1-4H3. The molecule has 0 fully saturated rings. The molecule has 0 aliphatic heterocycles. The van der Waals surface area contributed by atoms with E-state index >= 15 is 0 Å². The summed E-state index contributed by atoms with van der Waals surface area (Å²) in [5.74, 6) is -0.247. The molecule has 138 valence electrons. The highest BCUT2D eigenvalue weighted by Crippen LogP contribution is 2.07. The van der Waals surface area contributed by atoms with Gasteiger partial charge >= 0.3 is 5.97 Å². The van der Waals surface area contributed by atoms with Crippen molar-refractivity contribution in [2.24, 2.45) is 0 Å². The summed E-state index contributed by atoms with van der Waals surface area (Å²) in [6, 6.07) is 0. The molecule has 0 saturated heterocycles. The molecule has 0 aromatic carbocycles. The third kappa shape index (κ3) is 19.2. The van der Waals surface area contributed by atoms with Crippen molar-refractivity contribution in [3.63, 3.8) is 0 Å². The second-order valence-electron chi connectivity index (χ2n) is 5.89. The molecule has 0 radical (unpaired) electrons. The third-order valence-electron chi connectivity index (χ3n) is 2.48. The Labute approximate surface area is 139 Å². The number of hydrogen-bond donors (Lipinski definition) is 1. The van der Waals surface area contributed by atoms with E-state index in [1.54, 1.807) is 0 Å². The van der Waals surface area contributed by atoms with E-state index in [1.165, 1.54) is 0 Å². The van der Waals surface area contributed by atoms with Crippen molar-refractivity contribution >= 4 is 5.97 Å². The molecule has 0 aromatic rings. The molecule has 0 bridgehead atoms. The van der Waals surface area contributed by atoms with Crippen LogP contribution in [0.5, 0.6) is 0 Å². The fraction of sp³-hybridized carbons (Fsp3) is 0.938. The minimum absolute atomic E-state index is 0.247. The van der Waals surface area contributed by atoms with Crippen LogP contribution in [0.15, 0.2) is 0 Å². The number of nitrogens with one attached hydrogen (secondary N) is 1. The van der Waals surface area contributed by atoms with E-state index in [4.69, 9.17) is 23.7 Å². The van der Waals surface area contributed by atoms with Crippen molar-refractivity contribution in [1.29, 1.82) is 0 Å². The lowest BCUT2D eigenvalue weighted by atomic mass is 10.2. The highest BCUT2D eigenvalue weighted by atomic mass is 16.6. The second-order valence-corrected chi connectivity index (χ2v) is 5.89. The molecule has 0 aromatic heterocycles. The molecule has 0 heterocycles. The molecule has 0 amide bonds. The molecule has 7 heteroatoms. The fourth-order valence-electron chi connectivity index (χ4n) is 1.48. The van der Waals surface area contributed by atoms with Crippen LogP contribution in [-0.4, -0.2) is 78.0 Å². The Bertz CT molecular complexity index is 280. The number of carbonyl (C=O) groups excluding carboxylic acids is 1. The highest BCUT2D eigenvalue weighted by Gasteiger charge is 2.15. The topological polar surface area (TPSA) is 75.3 Å². The van der Waals surface area contributed by atoms with E-state index < -0.39 is 5.60 Å². The monoisotopic (exact) mass is 335 g/mol. The number of ether oxygens (including phenoxy) is 5. The first-order chi connectivity index (χ1) is 11.0. The number of rotatable bonds is 15. The van der Waals surface area contributed by atoms with Gasteiger partial charge in [-0.3, -0.25) is 4.79 Å². The summed E-state index contributed by atoms with van der Waals surface area (Å²) in [6.45, 7) is 10.6. The van der Waals surface area contributed by atoms with Crippen LogP contribution < -0.4 is 5.32 Å².